The lowest BCUT2D eigenvalue weighted by atomic mass is 9.96. The van der Waals surface area contributed by atoms with E-state index in [4.69, 9.17) is 4.74 Å². The Balaban J connectivity index is 1.33. The minimum absolute atomic E-state index is 0.340. The van der Waals surface area contributed by atoms with Gasteiger partial charge in [-0.15, -0.1) is 11.3 Å². The fourth-order valence-corrected chi connectivity index (χ4v) is 5.62. The lowest BCUT2D eigenvalue weighted by Gasteiger charge is -2.25. The number of fused-ring (bicyclic) bond motifs is 2. The van der Waals surface area contributed by atoms with Gasteiger partial charge in [0.2, 0.25) is 0 Å². The molecule has 4 unspecified atom stereocenters. The smallest absolute Gasteiger partial charge is 0.143 e. The first-order chi connectivity index (χ1) is 16.1. The van der Waals surface area contributed by atoms with E-state index in [1.54, 1.807) is 11.3 Å². The highest BCUT2D eigenvalue weighted by Gasteiger charge is 2.44. The molecular weight excluding hydrogens is 438 g/mol. The molecule has 0 radical (unpaired) electrons. The van der Waals surface area contributed by atoms with Crippen LogP contribution in [0.2, 0.25) is 0 Å². The third-order valence-corrected chi connectivity index (χ3v) is 7.43. The lowest BCUT2D eigenvalue weighted by Crippen LogP contribution is -2.34. The summed E-state index contributed by atoms with van der Waals surface area (Å²) in [7, 11) is 0. The summed E-state index contributed by atoms with van der Waals surface area (Å²) in [5.41, 5.74) is 7.75. The molecule has 4 heterocycles. The van der Waals surface area contributed by atoms with Crippen LogP contribution in [0.15, 0.2) is 41.6 Å². The van der Waals surface area contributed by atoms with Gasteiger partial charge in [0.1, 0.15) is 36.0 Å². The number of rotatable bonds is 4. The standard InChI is InChI=1S/C24H25N5O3S/c1-13-16-3-5-29(24(16)27-11-26-13)19-8-21(23(31)22(19)30)32-20-7-15(18-10-33-12-28-18)6-14-2-4-25-9-17(14)20/h3,5-7,10-12,19,21-23,25,30-31H,2,4,8-9H2,1H3. The second-order valence-electron chi connectivity index (χ2n) is 8.77. The number of aromatic nitrogens is 4. The Morgan fingerprint density at radius 1 is 1.18 bits per heavy atom. The van der Waals surface area contributed by atoms with Crippen molar-refractivity contribution < 1.29 is 14.9 Å². The van der Waals surface area contributed by atoms with E-state index >= 15 is 0 Å². The second-order valence-corrected chi connectivity index (χ2v) is 9.49. The molecule has 2 aliphatic rings. The van der Waals surface area contributed by atoms with E-state index in [0.29, 0.717) is 6.42 Å². The molecule has 8 nitrogen and oxygen atoms in total. The van der Waals surface area contributed by atoms with Gasteiger partial charge in [0.15, 0.2) is 0 Å². The topological polar surface area (TPSA) is 105 Å². The lowest BCUT2D eigenvalue weighted by molar-refractivity contribution is -0.0166. The Morgan fingerprint density at radius 3 is 2.94 bits per heavy atom. The van der Waals surface area contributed by atoms with Crippen molar-refractivity contribution in [3.05, 3.63) is 58.4 Å². The summed E-state index contributed by atoms with van der Waals surface area (Å²) in [6, 6.07) is 5.81. The van der Waals surface area contributed by atoms with Crippen molar-refractivity contribution in [2.24, 2.45) is 0 Å². The van der Waals surface area contributed by atoms with E-state index in [1.165, 1.54) is 11.9 Å². The second kappa shape index (κ2) is 8.18. The summed E-state index contributed by atoms with van der Waals surface area (Å²) in [6.07, 6.45) is 2.31. The zero-order valence-corrected chi connectivity index (χ0v) is 19.0. The molecule has 3 N–H and O–H groups in total. The molecule has 1 aliphatic heterocycles. The summed E-state index contributed by atoms with van der Waals surface area (Å²) in [4.78, 5) is 13.1. The van der Waals surface area contributed by atoms with Gasteiger partial charge >= 0.3 is 0 Å². The number of benzene rings is 1. The quantitative estimate of drug-likeness (QED) is 0.427. The van der Waals surface area contributed by atoms with Crippen LogP contribution < -0.4 is 10.1 Å². The zero-order valence-electron chi connectivity index (χ0n) is 18.2. The van der Waals surface area contributed by atoms with Crippen LogP contribution in [0.3, 0.4) is 0 Å². The van der Waals surface area contributed by atoms with Gasteiger partial charge in [0, 0.05) is 41.1 Å². The normalized spacial score (nSPS) is 24.8. The summed E-state index contributed by atoms with van der Waals surface area (Å²) in [5, 5.41) is 28.2. The van der Waals surface area contributed by atoms with Crippen LogP contribution in [-0.4, -0.2) is 54.6 Å². The maximum Gasteiger partial charge on any atom is 0.143 e. The van der Waals surface area contributed by atoms with Crippen molar-refractivity contribution in [2.75, 3.05) is 6.54 Å². The highest BCUT2D eigenvalue weighted by molar-refractivity contribution is 7.07. The van der Waals surface area contributed by atoms with Crippen LogP contribution in [0.5, 0.6) is 5.75 Å². The Hall–Kier alpha value is -2.85. The number of nitrogens with zero attached hydrogens (tertiary/aromatic N) is 4. The first-order valence-electron chi connectivity index (χ1n) is 11.2. The summed E-state index contributed by atoms with van der Waals surface area (Å²) in [5.74, 6) is 0.745. The molecule has 0 saturated heterocycles. The number of nitrogens with one attached hydrogen (secondary N) is 1. The number of aliphatic hydroxyl groups is 2. The maximum absolute atomic E-state index is 10.9. The Kier molecular flexibility index (Phi) is 5.14. The summed E-state index contributed by atoms with van der Waals surface area (Å²) >= 11 is 1.56. The van der Waals surface area contributed by atoms with Crippen molar-refractivity contribution in [3.8, 4) is 17.0 Å². The number of aliphatic hydroxyl groups excluding tert-OH is 2. The summed E-state index contributed by atoms with van der Waals surface area (Å²) < 4.78 is 8.37. The molecule has 1 fully saturated rings. The van der Waals surface area contributed by atoms with Crippen LogP contribution in [0, 0.1) is 6.92 Å². The molecule has 6 rings (SSSR count). The maximum atomic E-state index is 10.9. The van der Waals surface area contributed by atoms with Gasteiger partial charge in [0.25, 0.3) is 0 Å². The molecule has 1 aromatic carbocycles. The van der Waals surface area contributed by atoms with E-state index in [-0.39, 0.29) is 6.04 Å². The van der Waals surface area contributed by atoms with E-state index < -0.39 is 18.3 Å². The van der Waals surface area contributed by atoms with Crippen LogP contribution in [-0.2, 0) is 13.0 Å². The number of aryl methyl sites for hydroxylation is 1. The minimum atomic E-state index is -1.01. The first kappa shape index (κ1) is 20.7. The van der Waals surface area contributed by atoms with Crippen molar-refractivity contribution in [3.63, 3.8) is 0 Å². The largest absolute Gasteiger partial charge is 0.487 e. The van der Waals surface area contributed by atoms with Crippen molar-refractivity contribution in [1.82, 2.24) is 24.8 Å². The number of ether oxygens (including phenoxy) is 1. The van der Waals surface area contributed by atoms with E-state index in [0.717, 1.165) is 58.8 Å². The molecule has 3 aromatic heterocycles. The average Bonchev–Trinajstić information content (AvgIpc) is 3.56. The molecule has 9 heteroatoms. The molecule has 0 spiro atoms. The van der Waals surface area contributed by atoms with Crippen LogP contribution >= 0.6 is 11.3 Å². The first-order valence-corrected chi connectivity index (χ1v) is 12.1. The minimum Gasteiger partial charge on any atom is -0.487 e. The fraction of sp³-hybridized carbons (Fsp3) is 0.375. The molecular formula is C24H25N5O3S. The molecule has 4 atom stereocenters. The highest BCUT2D eigenvalue weighted by Crippen LogP contribution is 2.39. The van der Waals surface area contributed by atoms with Gasteiger partial charge in [0.05, 0.1) is 22.9 Å². The molecule has 33 heavy (non-hydrogen) atoms. The molecule has 1 aliphatic carbocycles. The van der Waals surface area contributed by atoms with E-state index in [2.05, 4.69) is 26.3 Å². The third-order valence-electron chi connectivity index (χ3n) is 6.85. The zero-order chi connectivity index (χ0) is 22.5. The molecule has 4 aromatic rings. The highest BCUT2D eigenvalue weighted by atomic mass is 32.1. The van der Waals surface area contributed by atoms with Crippen LogP contribution in [0.25, 0.3) is 22.3 Å². The van der Waals surface area contributed by atoms with Gasteiger partial charge in [-0.2, -0.15) is 0 Å². The van der Waals surface area contributed by atoms with E-state index in [1.807, 2.05) is 40.7 Å². The fourth-order valence-electron chi connectivity index (χ4n) is 5.06. The predicted octanol–water partition coefficient (Wildman–Crippen LogP) is 2.62. The Bertz CT molecular complexity index is 1310. The molecule has 170 valence electrons. The summed E-state index contributed by atoms with van der Waals surface area (Å²) in [6.45, 7) is 3.57. The van der Waals surface area contributed by atoms with Gasteiger partial charge < -0.3 is 24.8 Å². The van der Waals surface area contributed by atoms with Crippen molar-refractivity contribution in [2.45, 2.75) is 50.7 Å². The average molecular weight is 464 g/mol. The number of thiazole rings is 1. The number of hydrogen-bond acceptors (Lipinski definition) is 8. The number of hydrogen-bond donors (Lipinski definition) is 3. The molecule has 0 amide bonds. The third kappa shape index (κ3) is 3.52. The monoisotopic (exact) mass is 463 g/mol. The van der Waals surface area contributed by atoms with Gasteiger partial charge in [-0.05, 0) is 43.7 Å². The van der Waals surface area contributed by atoms with Crippen molar-refractivity contribution in [1.29, 1.82) is 0 Å². The van der Waals surface area contributed by atoms with Crippen LogP contribution in [0.4, 0.5) is 0 Å². The van der Waals surface area contributed by atoms with E-state index in [9.17, 15) is 10.2 Å². The van der Waals surface area contributed by atoms with Crippen LogP contribution in [0.1, 0.15) is 29.3 Å². The SMILES string of the molecule is Cc1ncnc2c1ccn2C1CC(Oc2cc(-c3cscn3)cc3c2CNCC3)C(O)C1O. The predicted molar refractivity (Wildman–Crippen MR) is 125 cm³/mol. The Labute approximate surface area is 194 Å². The van der Waals surface area contributed by atoms with Gasteiger partial charge in [-0.3, -0.25) is 0 Å². The molecule has 0 bridgehead atoms. The van der Waals surface area contributed by atoms with Gasteiger partial charge in [-0.25, -0.2) is 15.0 Å². The van der Waals surface area contributed by atoms with Gasteiger partial charge in [-0.1, -0.05) is 0 Å². The Morgan fingerprint density at radius 2 is 2.09 bits per heavy atom. The van der Waals surface area contributed by atoms with Crippen molar-refractivity contribution >= 4 is 22.4 Å². The molecule has 1 saturated carbocycles.